The van der Waals surface area contributed by atoms with Crippen molar-refractivity contribution in [1.82, 2.24) is 14.7 Å². The fraction of sp³-hybridized carbons (Fsp3) is 0.143. The van der Waals surface area contributed by atoms with Crippen molar-refractivity contribution in [2.45, 2.75) is 20.4 Å². The van der Waals surface area contributed by atoms with Gasteiger partial charge in [0.1, 0.15) is 5.65 Å². The molecule has 4 aromatic rings. The second-order valence-corrected chi connectivity index (χ2v) is 7.18. The molecular formula is C21H19N3OS. The van der Waals surface area contributed by atoms with E-state index in [1.807, 2.05) is 22.9 Å². The first-order chi connectivity index (χ1) is 12.6. The van der Waals surface area contributed by atoms with E-state index < -0.39 is 0 Å². The van der Waals surface area contributed by atoms with Crippen molar-refractivity contribution < 1.29 is 4.79 Å². The summed E-state index contributed by atoms with van der Waals surface area (Å²) in [7, 11) is 0. The fourth-order valence-electron chi connectivity index (χ4n) is 2.97. The molecule has 4 nitrogen and oxygen atoms in total. The molecule has 130 valence electrons. The molecule has 0 radical (unpaired) electrons. The minimum absolute atomic E-state index is 0.0660. The first-order valence-electron chi connectivity index (χ1n) is 8.47. The number of carbonyl (C=O) groups is 1. The molecule has 5 heteroatoms. The zero-order valence-corrected chi connectivity index (χ0v) is 15.5. The molecule has 3 aromatic heterocycles. The van der Waals surface area contributed by atoms with E-state index >= 15 is 0 Å². The average molecular weight is 361 g/mol. The molecule has 0 aliphatic rings. The minimum Gasteiger partial charge on any atom is -0.346 e. The van der Waals surface area contributed by atoms with Crippen molar-refractivity contribution in [3.63, 3.8) is 0 Å². The number of thiophene rings is 1. The maximum Gasteiger partial charge on any atom is 0.252 e. The predicted octanol–water partition coefficient (Wildman–Crippen LogP) is 4.61. The molecule has 0 bridgehead atoms. The number of rotatable bonds is 4. The van der Waals surface area contributed by atoms with Crippen LogP contribution >= 0.6 is 11.3 Å². The van der Waals surface area contributed by atoms with Gasteiger partial charge in [0.25, 0.3) is 5.91 Å². The largest absolute Gasteiger partial charge is 0.346 e. The van der Waals surface area contributed by atoms with Crippen LogP contribution in [0.1, 0.15) is 27.2 Å². The van der Waals surface area contributed by atoms with Crippen LogP contribution in [0.25, 0.3) is 16.9 Å². The number of fused-ring (bicyclic) bond motifs is 1. The fourth-order valence-corrected chi connectivity index (χ4v) is 3.61. The number of benzene rings is 1. The maximum atomic E-state index is 12.4. The normalized spacial score (nSPS) is 11.0. The Kier molecular flexibility index (Phi) is 4.31. The summed E-state index contributed by atoms with van der Waals surface area (Å²) in [5.74, 6) is -0.0660. The monoisotopic (exact) mass is 361 g/mol. The Labute approximate surface area is 156 Å². The zero-order valence-electron chi connectivity index (χ0n) is 14.7. The number of hydrogen-bond donors (Lipinski definition) is 1. The van der Waals surface area contributed by atoms with Crippen LogP contribution in [0.5, 0.6) is 0 Å². The van der Waals surface area contributed by atoms with Gasteiger partial charge in [0, 0.05) is 22.7 Å². The summed E-state index contributed by atoms with van der Waals surface area (Å²) in [6.07, 6.45) is 2.06. The number of amides is 1. The summed E-state index contributed by atoms with van der Waals surface area (Å²) < 4.78 is 2.07. The van der Waals surface area contributed by atoms with Crippen LogP contribution in [0.4, 0.5) is 0 Å². The van der Waals surface area contributed by atoms with Gasteiger partial charge in [-0.15, -0.1) is 0 Å². The molecule has 0 unspecified atom stereocenters. The molecule has 0 atom stereocenters. The van der Waals surface area contributed by atoms with Crippen LogP contribution in [0, 0.1) is 13.8 Å². The Balaban J connectivity index is 1.75. The zero-order chi connectivity index (χ0) is 18.1. The first-order valence-corrected chi connectivity index (χ1v) is 9.41. The minimum atomic E-state index is -0.0660. The third-order valence-electron chi connectivity index (χ3n) is 4.39. The predicted molar refractivity (Wildman–Crippen MR) is 106 cm³/mol. The highest BCUT2D eigenvalue weighted by molar-refractivity contribution is 7.08. The van der Waals surface area contributed by atoms with E-state index in [2.05, 4.69) is 60.1 Å². The molecule has 0 saturated carbocycles. The number of imidazole rings is 1. The van der Waals surface area contributed by atoms with Crippen LogP contribution < -0.4 is 5.32 Å². The summed E-state index contributed by atoms with van der Waals surface area (Å²) in [6.45, 7) is 4.54. The van der Waals surface area contributed by atoms with Crippen molar-refractivity contribution in [3.8, 4) is 11.3 Å². The van der Waals surface area contributed by atoms with Gasteiger partial charge in [0.15, 0.2) is 0 Å². The molecular weight excluding hydrogens is 342 g/mol. The topological polar surface area (TPSA) is 46.4 Å². The van der Waals surface area contributed by atoms with Crippen molar-refractivity contribution in [1.29, 1.82) is 0 Å². The molecule has 0 fully saturated rings. The lowest BCUT2D eigenvalue weighted by Crippen LogP contribution is -2.23. The molecule has 26 heavy (non-hydrogen) atoms. The van der Waals surface area contributed by atoms with Gasteiger partial charge in [-0.1, -0.05) is 35.9 Å². The van der Waals surface area contributed by atoms with E-state index in [1.165, 1.54) is 16.9 Å². The van der Waals surface area contributed by atoms with Crippen molar-refractivity contribution in [2.24, 2.45) is 0 Å². The van der Waals surface area contributed by atoms with Crippen LogP contribution in [0.2, 0.25) is 0 Å². The number of hydrogen-bond acceptors (Lipinski definition) is 3. The van der Waals surface area contributed by atoms with E-state index in [4.69, 9.17) is 4.98 Å². The number of aromatic nitrogens is 2. The average Bonchev–Trinajstić information content (AvgIpc) is 3.28. The highest BCUT2D eigenvalue weighted by Crippen LogP contribution is 2.25. The molecule has 3 heterocycles. The smallest absolute Gasteiger partial charge is 0.252 e. The Bertz CT molecular complexity index is 1060. The summed E-state index contributed by atoms with van der Waals surface area (Å²) in [5.41, 5.74) is 6.87. The highest BCUT2D eigenvalue weighted by atomic mass is 32.1. The van der Waals surface area contributed by atoms with Gasteiger partial charge < -0.3 is 9.72 Å². The molecule has 0 aliphatic heterocycles. The van der Waals surface area contributed by atoms with Crippen LogP contribution in [0.15, 0.2) is 59.4 Å². The SMILES string of the molecule is Cc1ccc(-c2nc3ccc(C)cn3c2CNC(=O)c2ccsc2)cc1. The number of pyridine rings is 1. The van der Waals surface area contributed by atoms with Gasteiger partial charge >= 0.3 is 0 Å². The van der Waals surface area contributed by atoms with Gasteiger partial charge in [0.05, 0.1) is 17.9 Å². The van der Waals surface area contributed by atoms with Gasteiger partial charge in [-0.05, 0) is 36.9 Å². The van der Waals surface area contributed by atoms with E-state index in [1.54, 1.807) is 0 Å². The van der Waals surface area contributed by atoms with E-state index in [0.29, 0.717) is 12.1 Å². The Morgan fingerprint density at radius 2 is 1.85 bits per heavy atom. The van der Waals surface area contributed by atoms with E-state index in [9.17, 15) is 4.79 Å². The summed E-state index contributed by atoms with van der Waals surface area (Å²) >= 11 is 1.52. The van der Waals surface area contributed by atoms with E-state index in [-0.39, 0.29) is 5.91 Å². The third kappa shape index (κ3) is 3.13. The van der Waals surface area contributed by atoms with E-state index in [0.717, 1.165) is 28.2 Å². The molecule has 0 aliphatic carbocycles. The lowest BCUT2D eigenvalue weighted by atomic mass is 10.1. The second kappa shape index (κ2) is 6.77. The second-order valence-electron chi connectivity index (χ2n) is 6.40. The van der Waals surface area contributed by atoms with Crippen molar-refractivity contribution in [3.05, 3.63) is 81.8 Å². The van der Waals surface area contributed by atoms with Gasteiger partial charge in [-0.3, -0.25) is 4.79 Å². The number of nitrogens with zero attached hydrogens (tertiary/aromatic N) is 2. The number of aryl methyl sites for hydroxylation is 2. The quantitative estimate of drug-likeness (QED) is 0.577. The molecule has 0 spiro atoms. The van der Waals surface area contributed by atoms with Gasteiger partial charge in [-0.2, -0.15) is 11.3 Å². The molecule has 1 N–H and O–H groups in total. The maximum absolute atomic E-state index is 12.4. The van der Waals surface area contributed by atoms with Crippen molar-refractivity contribution >= 4 is 22.9 Å². The highest BCUT2D eigenvalue weighted by Gasteiger charge is 2.15. The Morgan fingerprint density at radius 1 is 1.08 bits per heavy atom. The van der Waals surface area contributed by atoms with Gasteiger partial charge in [-0.25, -0.2) is 4.98 Å². The summed E-state index contributed by atoms with van der Waals surface area (Å²) in [5, 5.41) is 6.79. The van der Waals surface area contributed by atoms with Gasteiger partial charge in [0.2, 0.25) is 0 Å². The molecule has 0 saturated heterocycles. The number of carbonyl (C=O) groups excluding carboxylic acids is 1. The standard InChI is InChI=1S/C21H19N3OS/c1-14-3-6-16(7-4-14)20-18(11-22-21(25)17-9-10-26-13-17)24-12-15(2)5-8-19(24)23-20/h3-10,12-13H,11H2,1-2H3,(H,22,25). The lowest BCUT2D eigenvalue weighted by molar-refractivity contribution is 0.0951. The molecule has 1 aromatic carbocycles. The third-order valence-corrected chi connectivity index (χ3v) is 5.07. The number of nitrogens with one attached hydrogen (secondary N) is 1. The van der Waals surface area contributed by atoms with Crippen LogP contribution in [0.3, 0.4) is 0 Å². The Morgan fingerprint density at radius 3 is 2.58 bits per heavy atom. The molecule has 1 amide bonds. The Hall–Kier alpha value is -2.92. The summed E-state index contributed by atoms with van der Waals surface area (Å²) in [6, 6.07) is 14.2. The van der Waals surface area contributed by atoms with Crippen molar-refractivity contribution in [2.75, 3.05) is 0 Å². The molecule has 4 rings (SSSR count). The summed E-state index contributed by atoms with van der Waals surface area (Å²) in [4.78, 5) is 17.2. The first kappa shape index (κ1) is 16.5. The van der Waals surface area contributed by atoms with Crippen LogP contribution in [-0.2, 0) is 6.54 Å². The lowest BCUT2D eigenvalue weighted by Gasteiger charge is -2.08. The van der Waals surface area contributed by atoms with Crippen LogP contribution in [-0.4, -0.2) is 15.3 Å².